The van der Waals surface area contributed by atoms with E-state index < -0.39 is 0 Å². The molecule has 1 aliphatic heterocycles. The lowest BCUT2D eigenvalue weighted by molar-refractivity contribution is -0.122. The van der Waals surface area contributed by atoms with Gasteiger partial charge in [0, 0.05) is 44.3 Å². The van der Waals surface area contributed by atoms with E-state index in [0.717, 1.165) is 11.5 Å². The maximum atomic E-state index is 12.6. The summed E-state index contributed by atoms with van der Waals surface area (Å²) in [5.74, 6) is 1.63. The van der Waals surface area contributed by atoms with Crippen LogP contribution in [0.4, 0.5) is 11.5 Å². The molecule has 2 aromatic heterocycles. The molecule has 0 N–H and O–H groups in total. The van der Waals surface area contributed by atoms with Crippen LogP contribution >= 0.6 is 0 Å². The summed E-state index contributed by atoms with van der Waals surface area (Å²) in [5.41, 5.74) is 0.911. The van der Waals surface area contributed by atoms with E-state index >= 15 is 0 Å². The second kappa shape index (κ2) is 6.35. The lowest BCUT2D eigenvalue weighted by Gasteiger charge is -2.40. The van der Waals surface area contributed by atoms with Crippen molar-refractivity contribution in [3.8, 4) is 5.82 Å². The normalized spacial score (nSPS) is 14.2. The molecule has 1 aromatic carbocycles. The summed E-state index contributed by atoms with van der Waals surface area (Å²) in [7, 11) is 1.82. The molecule has 126 valence electrons. The summed E-state index contributed by atoms with van der Waals surface area (Å²) in [6.45, 7) is 1.32. The topological polar surface area (TPSA) is 67.2 Å². The van der Waals surface area contributed by atoms with E-state index in [4.69, 9.17) is 0 Å². The summed E-state index contributed by atoms with van der Waals surface area (Å²) in [4.78, 5) is 25.0. The highest BCUT2D eigenvalue weighted by molar-refractivity contribution is 5.96. The Bertz CT molecular complexity index is 858. The molecule has 1 saturated heterocycles. The van der Waals surface area contributed by atoms with Gasteiger partial charge in [-0.25, -0.2) is 14.6 Å². The molecule has 0 saturated carbocycles. The molecular weight excluding hydrogens is 316 g/mol. The van der Waals surface area contributed by atoms with E-state index in [-0.39, 0.29) is 11.8 Å². The smallest absolute Gasteiger partial charge is 0.233 e. The highest BCUT2D eigenvalue weighted by Gasteiger charge is 2.35. The van der Waals surface area contributed by atoms with Gasteiger partial charge in [0.15, 0.2) is 5.82 Å². The van der Waals surface area contributed by atoms with Gasteiger partial charge >= 0.3 is 0 Å². The summed E-state index contributed by atoms with van der Waals surface area (Å²) in [6.07, 6.45) is 5.07. The van der Waals surface area contributed by atoms with Crippen LogP contribution in [0.15, 0.2) is 61.2 Å². The molecular formula is C18H18N6O. The summed E-state index contributed by atoms with van der Waals surface area (Å²) in [5, 5.41) is 4.18. The van der Waals surface area contributed by atoms with Gasteiger partial charge in [0.1, 0.15) is 12.1 Å². The largest absolute Gasteiger partial charge is 0.355 e. The zero-order chi connectivity index (χ0) is 17.2. The predicted molar refractivity (Wildman–Crippen MR) is 94.7 cm³/mol. The molecule has 3 aromatic rings. The number of hydrogen-bond acceptors (Lipinski definition) is 5. The maximum absolute atomic E-state index is 12.6. The van der Waals surface area contributed by atoms with E-state index in [1.807, 2.05) is 55.7 Å². The number of benzene rings is 1. The fourth-order valence-corrected chi connectivity index (χ4v) is 2.91. The Kier molecular flexibility index (Phi) is 3.89. The molecule has 7 nitrogen and oxygen atoms in total. The quantitative estimate of drug-likeness (QED) is 0.727. The van der Waals surface area contributed by atoms with Crippen LogP contribution in [0.2, 0.25) is 0 Å². The second-order valence-corrected chi connectivity index (χ2v) is 6.02. The van der Waals surface area contributed by atoms with Gasteiger partial charge in [0.05, 0.1) is 5.92 Å². The van der Waals surface area contributed by atoms with Crippen molar-refractivity contribution in [2.75, 3.05) is 29.9 Å². The van der Waals surface area contributed by atoms with Crippen molar-refractivity contribution in [2.24, 2.45) is 5.92 Å². The minimum absolute atomic E-state index is 0.0201. The molecule has 1 fully saturated rings. The first-order valence-corrected chi connectivity index (χ1v) is 8.12. The van der Waals surface area contributed by atoms with Gasteiger partial charge in [0.25, 0.3) is 0 Å². The Balaban J connectivity index is 1.42. The van der Waals surface area contributed by atoms with E-state index in [2.05, 4.69) is 20.0 Å². The average Bonchev–Trinajstić information content (AvgIpc) is 3.15. The number of rotatable bonds is 4. The van der Waals surface area contributed by atoms with Gasteiger partial charge < -0.3 is 9.80 Å². The molecule has 0 aliphatic carbocycles. The molecule has 1 aliphatic rings. The standard InChI is InChI=1S/C18H18N6O/c1-22(15-6-3-2-4-7-15)18(25)14-11-23(12-14)16-10-17(20-13-19-16)24-9-5-8-21-24/h2-10,13-14H,11-12H2,1H3. The molecule has 7 heteroatoms. The minimum atomic E-state index is -0.0201. The van der Waals surface area contributed by atoms with E-state index in [1.165, 1.54) is 6.33 Å². The first kappa shape index (κ1) is 15.3. The van der Waals surface area contributed by atoms with Gasteiger partial charge in [0.2, 0.25) is 5.91 Å². The number of carbonyl (C=O) groups excluding carboxylic acids is 1. The third-order valence-corrected chi connectivity index (χ3v) is 4.41. The molecule has 0 unspecified atom stereocenters. The minimum Gasteiger partial charge on any atom is -0.355 e. The number of anilines is 2. The first-order chi connectivity index (χ1) is 12.2. The van der Waals surface area contributed by atoms with E-state index in [0.29, 0.717) is 18.9 Å². The van der Waals surface area contributed by atoms with Crippen LogP contribution in [0.5, 0.6) is 0 Å². The van der Waals surface area contributed by atoms with Crippen LogP contribution in [0.1, 0.15) is 0 Å². The number of nitrogens with zero attached hydrogens (tertiary/aromatic N) is 6. The molecule has 4 rings (SSSR count). The Labute approximate surface area is 145 Å². The molecule has 0 atom stereocenters. The predicted octanol–water partition coefficient (Wildman–Crippen LogP) is 1.76. The molecule has 0 bridgehead atoms. The van der Waals surface area contributed by atoms with Gasteiger partial charge in [-0.15, -0.1) is 0 Å². The highest BCUT2D eigenvalue weighted by Crippen LogP contribution is 2.26. The molecule has 3 heterocycles. The van der Waals surface area contributed by atoms with Crippen LogP contribution in [0.25, 0.3) is 5.82 Å². The van der Waals surface area contributed by atoms with Crippen molar-refractivity contribution in [3.63, 3.8) is 0 Å². The van der Waals surface area contributed by atoms with Crippen LogP contribution in [-0.4, -0.2) is 45.8 Å². The van der Waals surface area contributed by atoms with Crippen molar-refractivity contribution >= 4 is 17.4 Å². The third kappa shape index (κ3) is 2.96. The monoisotopic (exact) mass is 334 g/mol. The van der Waals surface area contributed by atoms with Crippen molar-refractivity contribution in [2.45, 2.75) is 0 Å². The molecule has 0 radical (unpaired) electrons. The Morgan fingerprint density at radius 2 is 1.88 bits per heavy atom. The summed E-state index contributed by atoms with van der Waals surface area (Å²) >= 11 is 0. The van der Waals surface area contributed by atoms with Crippen LogP contribution < -0.4 is 9.80 Å². The zero-order valence-electron chi connectivity index (χ0n) is 13.9. The molecule has 0 spiro atoms. The Hall–Kier alpha value is -3.22. The number of carbonyl (C=O) groups is 1. The highest BCUT2D eigenvalue weighted by atomic mass is 16.2. The lowest BCUT2D eigenvalue weighted by atomic mass is 9.98. The van der Waals surface area contributed by atoms with Crippen molar-refractivity contribution in [1.29, 1.82) is 0 Å². The number of amides is 1. The van der Waals surface area contributed by atoms with Crippen LogP contribution in [0.3, 0.4) is 0 Å². The number of aromatic nitrogens is 4. The van der Waals surface area contributed by atoms with E-state index in [1.54, 1.807) is 15.8 Å². The zero-order valence-corrected chi connectivity index (χ0v) is 13.9. The molecule has 25 heavy (non-hydrogen) atoms. The Morgan fingerprint density at radius 1 is 1.12 bits per heavy atom. The summed E-state index contributed by atoms with van der Waals surface area (Å²) < 4.78 is 1.69. The number of para-hydroxylation sites is 1. The number of hydrogen-bond donors (Lipinski definition) is 0. The van der Waals surface area contributed by atoms with Crippen LogP contribution in [-0.2, 0) is 4.79 Å². The van der Waals surface area contributed by atoms with Gasteiger partial charge in [-0.05, 0) is 18.2 Å². The fourth-order valence-electron chi connectivity index (χ4n) is 2.91. The van der Waals surface area contributed by atoms with Gasteiger partial charge in [-0.3, -0.25) is 4.79 Å². The van der Waals surface area contributed by atoms with Crippen molar-refractivity contribution < 1.29 is 4.79 Å². The fraction of sp³-hybridized carbons (Fsp3) is 0.222. The van der Waals surface area contributed by atoms with Gasteiger partial charge in [-0.1, -0.05) is 18.2 Å². The third-order valence-electron chi connectivity index (χ3n) is 4.41. The van der Waals surface area contributed by atoms with Crippen molar-refractivity contribution in [3.05, 3.63) is 61.2 Å². The average molecular weight is 334 g/mol. The SMILES string of the molecule is CN(C(=O)C1CN(c2cc(-n3cccn3)ncn2)C1)c1ccccc1. The Morgan fingerprint density at radius 3 is 2.60 bits per heavy atom. The van der Waals surface area contributed by atoms with Crippen LogP contribution in [0, 0.1) is 5.92 Å². The molecule has 1 amide bonds. The van der Waals surface area contributed by atoms with Gasteiger partial charge in [-0.2, -0.15) is 5.10 Å². The van der Waals surface area contributed by atoms with E-state index in [9.17, 15) is 4.79 Å². The summed E-state index contributed by atoms with van der Waals surface area (Å²) in [6, 6.07) is 13.4. The lowest BCUT2D eigenvalue weighted by Crippen LogP contribution is -2.54. The van der Waals surface area contributed by atoms with Crippen molar-refractivity contribution in [1.82, 2.24) is 19.7 Å². The second-order valence-electron chi connectivity index (χ2n) is 6.02. The first-order valence-electron chi connectivity index (χ1n) is 8.12. The maximum Gasteiger partial charge on any atom is 0.233 e.